The maximum Gasteiger partial charge on any atom is 0.294 e. The van der Waals surface area contributed by atoms with Crippen LogP contribution >= 0.6 is 0 Å². The van der Waals surface area contributed by atoms with Crippen LogP contribution in [0.4, 0.5) is 5.69 Å². The Morgan fingerprint density at radius 2 is 1.93 bits per heavy atom. The average molecular weight is 390 g/mol. The minimum absolute atomic E-state index is 0.0130. The zero-order chi connectivity index (χ0) is 20.2. The van der Waals surface area contributed by atoms with E-state index in [9.17, 15) is 9.59 Å². The molecule has 4 rings (SSSR count). The Bertz CT molecular complexity index is 945. The van der Waals surface area contributed by atoms with Crippen molar-refractivity contribution in [1.29, 1.82) is 0 Å². The van der Waals surface area contributed by atoms with E-state index in [1.54, 1.807) is 6.08 Å². The molecule has 0 unspecified atom stereocenters. The van der Waals surface area contributed by atoms with Gasteiger partial charge in [-0.15, -0.1) is 0 Å². The van der Waals surface area contributed by atoms with Crippen molar-refractivity contribution in [2.24, 2.45) is 0 Å². The van der Waals surface area contributed by atoms with Crippen LogP contribution in [0.15, 0.2) is 54.3 Å². The van der Waals surface area contributed by atoms with Crippen LogP contribution in [-0.4, -0.2) is 24.4 Å². The summed E-state index contributed by atoms with van der Waals surface area (Å²) in [5.41, 5.74) is 2.61. The topological polar surface area (TPSA) is 58.6 Å². The molecule has 0 saturated heterocycles. The second-order valence-corrected chi connectivity index (χ2v) is 7.79. The van der Waals surface area contributed by atoms with Crippen molar-refractivity contribution >= 4 is 23.6 Å². The van der Waals surface area contributed by atoms with Gasteiger partial charge in [0.1, 0.15) is 6.54 Å². The van der Waals surface area contributed by atoms with Crippen LogP contribution in [0.2, 0.25) is 0 Å². The second kappa shape index (κ2) is 8.52. The highest BCUT2D eigenvalue weighted by atomic mass is 16.5. The van der Waals surface area contributed by atoms with E-state index in [0.29, 0.717) is 11.4 Å². The zero-order valence-electron chi connectivity index (χ0n) is 16.7. The molecule has 1 aliphatic carbocycles. The fourth-order valence-electron chi connectivity index (χ4n) is 3.99. The number of benzene rings is 2. The van der Waals surface area contributed by atoms with Crippen LogP contribution in [0, 0.1) is 6.92 Å². The number of hydrogen-bond donors (Lipinski definition) is 1. The molecular weight excluding hydrogens is 364 g/mol. The molecule has 0 aromatic heterocycles. The number of carbonyl (C=O) groups excluding carboxylic acids is 2. The first-order valence-corrected chi connectivity index (χ1v) is 10.3. The number of aryl methyl sites for hydroxylation is 1. The number of amides is 2. The van der Waals surface area contributed by atoms with Crippen molar-refractivity contribution in [2.75, 3.05) is 11.4 Å². The van der Waals surface area contributed by atoms with Gasteiger partial charge in [0, 0.05) is 6.04 Å². The summed E-state index contributed by atoms with van der Waals surface area (Å²) in [5, 5.41) is 3.10. The van der Waals surface area contributed by atoms with Gasteiger partial charge in [-0.1, -0.05) is 61.2 Å². The normalized spacial score (nSPS) is 18.3. The van der Waals surface area contributed by atoms with Crippen molar-refractivity contribution < 1.29 is 14.3 Å². The van der Waals surface area contributed by atoms with Crippen molar-refractivity contribution in [2.45, 2.75) is 45.1 Å². The first-order valence-electron chi connectivity index (χ1n) is 10.3. The fraction of sp³-hybridized carbons (Fsp3) is 0.333. The molecule has 1 aliphatic heterocycles. The van der Waals surface area contributed by atoms with Crippen molar-refractivity contribution in [3.8, 4) is 5.75 Å². The number of anilines is 1. The Kier molecular flexibility index (Phi) is 5.65. The number of fused-ring (bicyclic) bond motifs is 1. The molecule has 1 saturated carbocycles. The summed E-state index contributed by atoms with van der Waals surface area (Å²) >= 11 is 0. The average Bonchev–Trinajstić information content (AvgIpc) is 2.72. The van der Waals surface area contributed by atoms with Crippen molar-refractivity contribution in [3.63, 3.8) is 0 Å². The molecule has 150 valence electrons. The monoisotopic (exact) mass is 390 g/mol. The first kappa shape index (κ1) is 19.2. The van der Waals surface area contributed by atoms with Crippen LogP contribution < -0.4 is 15.0 Å². The summed E-state index contributed by atoms with van der Waals surface area (Å²) in [6, 6.07) is 15.4. The number of para-hydroxylation sites is 2. The van der Waals surface area contributed by atoms with Gasteiger partial charge in [-0.3, -0.25) is 14.5 Å². The van der Waals surface area contributed by atoms with Gasteiger partial charge in [0.15, 0.2) is 11.5 Å². The molecule has 0 atom stereocenters. The maximum absolute atomic E-state index is 13.2. The second-order valence-electron chi connectivity index (χ2n) is 7.79. The van der Waals surface area contributed by atoms with Crippen molar-refractivity contribution in [1.82, 2.24) is 5.32 Å². The standard InChI is InChI=1S/C24H26N2O3/c1-17-8-7-9-18(14-17)15-22-24(28)26(20-12-5-6-13-21(20)29-22)16-23(27)25-19-10-3-2-4-11-19/h5-9,12-15,19H,2-4,10-11,16H2,1H3,(H,25,27)/b22-15+. The number of ether oxygens (including phenoxy) is 1. The van der Waals surface area contributed by atoms with Crippen molar-refractivity contribution in [3.05, 3.63) is 65.4 Å². The Morgan fingerprint density at radius 3 is 2.72 bits per heavy atom. The summed E-state index contributed by atoms with van der Waals surface area (Å²) in [4.78, 5) is 27.3. The maximum atomic E-state index is 13.2. The van der Waals surface area contributed by atoms with E-state index in [1.807, 2.05) is 55.5 Å². The minimum Gasteiger partial charge on any atom is -0.449 e. The molecular formula is C24H26N2O3. The lowest BCUT2D eigenvalue weighted by molar-refractivity contribution is -0.124. The van der Waals surface area contributed by atoms with Gasteiger partial charge in [-0.2, -0.15) is 0 Å². The molecule has 0 spiro atoms. The van der Waals surface area contributed by atoms with Crippen LogP contribution in [0.1, 0.15) is 43.2 Å². The molecule has 0 radical (unpaired) electrons. The van der Waals surface area contributed by atoms with Crippen LogP contribution in [0.3, 0.4) is 0 Å². The number of carbonyl (C=O) groups is 2. The number of rotatable bonds is 4. The minimum atomic E-state index is -0.302. The highest BCUT2D eigenvalue weighted by Gasteiger charge is 2.32. The molecule has 2 aromatic carbocycles. The lowest BCUT2D eigenvalue weighted by Crippen LogP contribution is -2.47. The SMILES string of the molecule is Cc1cccc(/C=C2/Oc3ccccc3N(CC(=O)NC3CCCCC3)C2=O)c1. The van der Waals surface area contributed by atoms with Gasteiger partial charge >= 0.3 is 0 Å². The summed E-state index contributed by atoms with van der Waals surface area (Å²) < 4.78 is 5.89. The van der Waals surface area contributed by atoms with Crippen LogP contribution in [-0.2, 0) is 9.59 Å². The quantitative estimate of drug-likeness (QED) is 0.796. The smallest absolute Gasteiger partial charge is 0.294 e. The third kappa shape index (κ3) is 4.50. The van der Waals surface area contributed by atoms with Gasteiger partial charge in [-0.05, 0) is 43.5 Å². The molecule has 5 nitrogen and oxygen atoms in total. The molecule has 1 heterocycles. The van der Waals surface area contributed by atoms with Gasteiger partial charge < -0.3 is 10.1 Å². The van der Waals surface area contributed by atoms with Gasteiger partial charge in [0.25, 0.3) is 5.91 Å². The first-order chi connectivity index (χ1) is 14.1. The molecule has 0 bridgehead atoms. The molecule has 1 fully saturated rings. The van der Waals surface area contributed by atoms with E-state index < -0.39 is 0 Å². The number of hydrogen-bond acceptors (Lipinski definition) is 3. The lowest BCUT2D eigenvalue weighted by atomic mass is 9.95. The van der Waals surface area contributed by atoms with E-state index in [-0.39, 0.29) is 30.2 Å². The molecule has 1 N–H and O–H groups in total. The highest BCUT2D eigenvalue weighted by molar-refractivity contribution is 6.12. The molecule has 2 aromatic rings. The Morgan fingerprint density at radius 1 is 1.14 bits per heavy atom. The Hall–Kier alpha value is -3.08. The molecule has 5 heteroatoms. The van der Waals surface area contributed by atoms with Gasteiger partial charge in [0.2, 0.25) is 5.91 Å². The van der Waals surface area contributed by atoms with E-state index in [4.69, 9.17) is 4.74 Å². The Labute approximate surface area is 171 Å². The summed E-state index contributed by atoms with van der Waals surface area (Å²) in [6.07, 6.45) is 7.28. The number of nitrogens with one attached hydrogen (secondary N) is 1. The predicted octanol–water partition coefficient (Wildman–Crippen LogP) is 4.21. The predicted molar refractivity (Wildman–Crippen MR) is 114 cm³/mol. The van der Waals surface area contributed by atoms with Gasteiger partial charge in [0.05, 0.1) is 5.69 Å². The molecule has 2 aliphatic rings. The van der Waals surface area contributed by atoms with E-state index >= 15 is 0 Å². The van der Waals surface area contributed by atoms with Crippen LogP contribution in [0.25, 0.3) is 6.08 Å². The van der Waals surface area contributed by atoms with E-state index in [2.05, 4.69) is 5.32 Å². The highest BCUT2D eigenvalue weighted by Crippen LogP contribution is 2.35. The largest absolute Gasteiger partial charge is 0.449 e. The summed E-state index contributed by atoms with van der Waals surface area (Å²) in [5.74, 6) is 0.372. The van der Waals surface area contributed by atoms with Crippen LogP contribution in [0.5, 0.6) is 5.75 Å². The summed E-state index contributed by atoms with van der Waals surface area (Å²) in [6.45, 7) is 1.99. The third-order valence-corrected chi connectivity index (χ3v) is 5.44. The molecule has 29 heavy (non-hydrogen) atoms. The number of nitrogens with zero attached hydrogens (tertiary/aromatic N) is 1. The summed E-state index contributed by atoms with van der Waals surface area (Å²) in [7, 11) is 0. The van der Waals surface area contributed by atoms with Gasteiger partial charge in [-0.25, -0.2) is 0 Å². The Balaban J connectivity index is 1.58. The zero-order valence-corrected chi connectivity index (χ0v) is 16.7. The lowest BCUT2D eigenvalue weighted by Gasteiger charge is -2.31. The fourth-order valence-corrected chi connectivity index (χ4v) is 3.99. The van der Waals surface area contributed by atoms with E-state index in [1.165, 1.54) is 11.3 Å². The third-order valence-electron chi connectivity index (χ3n) is 5.44. The molecule has 2 amide bonds. The van der Waals surface area contributed by atoms with E-state index in [0.717, 1.165) is 36.8 Å².